The summed E-state index contributed by atoms with van der Waals surface area (Å²) in [5.41, 5.74) is 0.203. The molecule has 2 atom stereocenters. The smallest absolute Gasteiger partial charge is 0.326 e. The van der Waals surface area contributed by atoms with Crippen LogP contribution in [-0.2, 0) is 24.3 Å². The summed E-state index contributed by atoms with van der Waals surface area (Å²) in [5, 5.41) is 11.6. The first-order valence-corrected chi connectivity index (χ1v) is 8.09. The number of amides is 1. The van der Waals surface area contributed by atoms with E-state index in [2.05, 4.69) is 10.1 Å². The Hall–Kier alpha value is -2.17. The van der Waals surface area contributed by atoms with Crippen LogP contribution in [0.1, 0.15) is 6.92 Å². The highest BCUT2D eigenvalue weighted by atomic mass is 32.2. The van der Waals surface area contributed by atoms with Crippen molar-refractivity contribution in [3.63, 3.8) is 0 Å². The second kappa shape index (κ2) is 6.52. The molecule has 0 aromatic heterocycles. The molecule has 1 aromatic carbocycles. The van der Waals surface area contributed by atoms with Gasteiger partial charge in [-0.3, -0.25) is 9.59 Å². The lowest BCUT2D eigenvalue weighted by Crippen LogP contribution is -2.44. The van der Waals surface area contributed by atoms with Gasteiger partial charge in [0, 0.05) is 0 Å². The van der Waals surface area contributed by atoms with Crippen LogP contribution in [0.5, 0.6) is 5.75 Å². The van der Waals surface area contributed by atoms with Gasteiger partial charge in [-0.15, -0.1) is 0 Å². The Bertz CT molecular complexity index is 732. The van der Waals surface area contributed by atoms with Crippen molar-refractivity contribution in [2.75, 3.05) is 19.0 Å². The zero-order valence-electron chi connectivity index (χ0n) is 12.4. The van der Waals surface area contributed by atoms with Crippen molar-refractivity contribution in [2.45, 2.75) is 24.0 Å². The summed E-state index contributed by atoms with van der Waals surface area (Å²) in [7, 11) is -3.03. The number of aliphatic hydroxyl groups is 1. The Kier molecular flexibility index (Phi) is 4.88. The molecule has 0 aliphatic carbocycles. The number of sulfonamides is 1. The van der Waals surface area contributed by atoms with Gasteiger partial charge in [-0.1, -0.05) is 0 Å². The van der Waals surface area contributed by atoms with E-state index in [9.17, 15) is 18.0 Å². The Morgan fingerprint density at radius 1 is 1.52 bits per heavy atom. The number of carbonyl (C=O) groups is 2. The molecule has 1 heterocycles. The highest BCUT2D eigenvalue weighted by Gasteiger charge is 2.28. The molecule has 0 unspecified atom stereocenters. The van der Waals surface area contributed by atoms with E-state index < -0.39 is 40.7 Å². The number of ether oxygens (including phenoxy) is 2. The van der Waals surface area contributed by atoms with Crippen molar-refractivity contribution in [1.29, 1.82) is 0 Å². The molecule has 0 fully saturated rings. The topological polar surface area (TPSA) is 131 Å². The minimum absolute atomic E-state index is 0.197. The Balaban J connectivity index is 2.29. The molecule has 23 heavy (non-hydrogen) atoms. The van der Waals surface area contributed by atoms with Crippen molar-refractivity contribution in [1.82, 2.24) is 4.72 Å². The number of aliphatic hydroxyl groups excluding tert-OH is 1. The van der Waals surface area contributed by atoms with Crippen LogP contribution in [0.4, 0.5) is 5.69 Å². The van der Waals surface area contributed by atoms with Crippen LogP contribution >= 0.6 is 0 Å². The van der Waals surface area contributed by atoms with Crippen LogP contribution in [0.3, 0.4) is 0 Å². The summed E-state index contributed by atoms with van der Waals surface area (Å²) in [6.45, 7) is 0.806. The molecular weight excluding hydrogens is 328 g/mol. The number of hydrogen-bond donors (Lipinski definition) is 3. The summed E-state index contributed by atoms with van der Waals surface area (Å²) < 4.78 is 36.3. The van der Waals surface area contributed by atoms with Crippen LogP contribution in [0, 0.1) is 0 Å². The number of rotatable bonds is 5. The fourth-order valence-corrected chi connectivity index (χ4v) is 3.11. The van der Waals surface area contributed by atoms with Crippen LogP contribution < -0.4 is 14.8 Å². The molecule has 2 rings (SSSR count). The summed E-state index contributed by atoms with van der Waals surface area (Å²) in [4.78, 5) is 22.8. The number of carbonyl (C=O) groups excluding carboxylic acids is 2. The zero-order chi connectivity index (χ0) is 17.2. The average molecular weight is 344 g/mol. The second-order valence-electron chi connectivity index (χ2n) is 4.79. The Morgan fingerprint density at radius 2 is 2.22 bits per heavy atom. The molecule has 3 N–H and O–H groups in total. The van der Waals surface area contributed by atoms with Gasteiger partial charge >= 0.3 is 5.97 Å². The van der Waals surface area contributed by atoms with Gasteiger partial charge in [0.05, 0.1) is 24.3 Å². The minimum atomic E-state index is -4.11. The standard InChI is InChI=1S/C13H16N2O7S/c1-7-12(17)14-9-5-8(3-4-11(9)22-7)23(19,20)15-10(6-16)13(18)21-2/h3-5,7,10,15-16H,6H2,1-2H3,(H,14,17)/t7-,10-/m1/s1. The molecule has 1 aliphatic rings. The predicted octanol–water partition coefficient (Wildman–Crippen LogP) is -0.782. The van der Waals surface area contributed by atoms with Crippen LogP contribution in [0.25, 0.3) is 0 Å². The number of hydrogen-bond acceptors (Lipinski definition) is 7. The lowest BCUT2D eigenvalue weighted by Gasteiger charge is -2.23. The highest BCUT2D eigenvalue weighted by Crippen LogP contribution is 2.31. The first kappa shape index (κ1) is 17.2. The summed E-state index contributed by atoms with van der Waals surface area (Å²) in [6, 6.07) is 2.43. The fraction of sp³-hybridized carbons (Fsp3) is 0.385. The first-order chi connectivity index (χ1) is 10.8. The molecule has 0 saturated carbocycles. The molecule has 10 heteroatoms. The molecule has 0 spiro atoms. The maximum absolute atomic E-state index is 12.3. The van der Waals surface area contributed by atoms with Gasteiger partial charge in [0.25, 0.3) is 5.91 Å². The number of fused-ring (bicyclic) bond motifs is 1. The molecule has 1 aromatic rings. The van der Waals surface area contributed by atoms with Crippen molar-refractivity contribution in [2.24, 2.45) is 0 Å². The number of nitrogens with one attached hydrogen (secondary N) is 2. The molecule has 1 aliphatic heterocycles. The maximum atomic E-state index is 12.3. The lowest BCUT2D eigenvalue weighted by atomic mass is 10.2. The lowest BCUT2D eigenvalue weighted by molar-refractivity contribution is -0.143. The van der Waals surface area contributed by atoms with E-state index in [0.29, 0.717) is 5.75 Å². The van der Waals surface area contributed by atoms with E-state index in [1.165, 1.54) is 18.2 Å². The molecule has 0 saturated heterocycles. The monoisotopic (exact) mass is 344 g/mol. The minimum Gasteiger partial charge on any atom is -0.479 e. The zero-order valence-corrected chi connectivity index (χ0v) is 13.2. The van der Waals surface area contributed by atoms with Gasteiger partial charge in [0.2, 0.25) is 10.0 Å². The third-order valence-electron chi connectivity index (χ3n) is 3.16. The van der Waals surface area contributed by atoms with Gasteiger partial charge in [-0.05, 0) is 25.1 Å². The van der Waals surface area contributed by atoms with Crippen molar-refractivity contribution in [3.8, 4) is 5.75 Å². The second-order valence-corrected chi connectivity index (χ2v) is 6.50. The molecular formula is C13H16N2O7S. The highest BCUT2D eigenvalue weighted by molar-refractivity contribution is 7.89. The summed E-state index contributed by atoms with van der Waals surface area (Å²) >= 11 is 0. The SMILES string of the molecule is COC(=O)[C@@H](CO)NS(=O)(=O)c1ccc2c(c1)NC(=O)[C@@H](C)O2. The van der Waals surface area contributed by atoms with Crippen LogP contribution in [-0.4, -0.2) is 51.3 Å². The third kappa shape index (κ3) is 3.60. The molecule has 0 bridgehead atoms. The van der Waals surface area contributed by atoms with Gasteiger partial charge < -0.3 is 19.9 Å². The van der Waals surface area contributed by atoms with Gasteiger partial charge in [-0.2, -0.15) is 4.72 Å². The maximum Gasteiger partial charge on any atom is 0.326 e. The van der Waals surface area contributed by atoms with Gasteiger partial charge in [-0.25, -0.2) is 8.42 Å². The van der Waals surface area contributed by atoms with E-state index >= 15 is 0 Å². The number of methoxy groups -OCH3 is 1. The Morgan fingerprint density at radius 3 is 2.83 bits per heavy atom. The summed E-state index contributed by atoms with van der Waals surface area (Å²) in [6.07, 6.45) is -0.679. The van der Waals surface area contributed by atoms with Crippen molar-refractivity contribution in [3.05, 3.63) is 18.2 Å². The number of anilines is 1. The van der Waals surface area contributed by atoms with E-state index in [-0.39, 0.29) is 10.6 Å². The van der Waals surface area contributed by atoms with Gasteiger partial charge in [0.1, 0.15) is 11.8 Å². The number of esters is 1. The fourth-order valence-electron chi connectivity index (χ4n) is 1.91. The van der Waals surface area contributed by atoms with E-state index in [1.54, 1.807) is 6.92 Å². The van der Waals surface area contributed by atoms with E-state index in [1.807, 2.05) is 4.72 Å². The molecule has 1 amide bonds. The largest absolute Gasteiger partial charge is 0.479 e. The number of benzene rings is 1. The molecule has 126 valence electrons. The van der Waals surface area contributed by atoms with E-state index in [0.717, 1.165) is 7.11 Å². The normalized spacial score (nSPS) is 18.4. The molecule has 9 nitrogen and oxygen atoms in total. The van der Waals surface area contributed by atoms with Crippen LogP contribution in [0.15, 0.2) is 23.1 Å². The van der Waals surface area contributed by atoms with E-state index in [4.69, 9.17) is 9.84 Å². The predicted molar refractivity (Wildman–Crippen MR) is 78.4 cm³/mol. The van der Waals surface area contributed by atoms with Crippen molar-refractivity contribution >= 4 is 27.6 Å². The summed E-state index contributed by atoms with van der Waals surface area (Å²) in [5.74, 6) is -0.981. The third-order valence-corrected chi connectivity index (χ3v) is 4.63. The van der Waals surface area contributed by atoms with Gasteiger partial charge in [0.15, 0.2) is 6.10 Å². The van der Waals surface area contributed by atoms with Crippen molar-refractivity contribution < 1.29 is 32.6 Å². The quantitative estimate of drug-likeness (QED) is 0.597. The molecule has 0 radical (unpaired) electrons. The van der Waals surface area contributed by atoms with Crippen LogP contribution in [0.2, 0.25) is 0 Å². The average Bonchev–Trinajstić information content (AvgIpc) is 2.52. The first-order valence-electron chi connectivity index (χ1n) is 6.61. The Labute approximate surface area is 132 Å².